The molecule has 0 radical (unpaired) electrons. The minimum absolute atomic E-state index is 0.00370. The molecule has 0 unspecified atom stereocenters. The highest BCUT2D eigenvalue weighted by atomic mass is 32.2. The van der Waals surface area contributed by atoms with Crippen molar-refractivity contribution in [3.8, 4) is 0 Å². The fourth-order valence-corrected chi connectivity index (χ4v) is 2.29. The third kappa shape index (κ3) is 2.91. The van der Waals surface area contributed by atoms with Crippen molar-refractivity contribution in [2.24, 2.45) is 0 Å². The fourth-order valence-electron chi connectivity index (χ4n) is 1.66. The predicted molar refractivity (Wildman–Crippen MR) is 69.3 cm³/mol. The molecular weight excluding hydrogens is 286 g/mol. The topological polar surface area (TPSA) is 51.2 Å². The number of hydrogen-bond acceptors (Lipinski definition) is 3. The maximum atomic E-state index is 13.1. The van der Waals surface area contributed by atoms with Crippen LogP contribution in [0.15, 0.2) is 47.4 Å². The molecule has 20 heavy (non-hydrogen) atoms. The van der Waals surface area contributed by atoms with E-state index >= 15 is 0 Å². The summed E-state index contributed by atoms with van der Waals surface area (Å²) in [7, 11) is -3.34. The monoisotopic (exact) mass is 296 g/mol. The molecule has 2 aromatic rings. The number of sulfone groups is 1. The SMILES string of the molecule is CS(=O)(=O)c1ccc(C(=O)c2ccc(F)c(F)c2)cc1. The van der Waals surface area contributed by atoms with Crippen LogP contribution in [0, 0.1) is 11.6 Å². The van der Waals surface area contributed by atoms with E-state index in [-0.39, 0.29) is 16.0 Å². The summed E-state index contributed by atoms with van der Waals surface area (Å²) in [5.41, 5.74) is 0.194. The Morgan fingerprint density at radius 3 is 1.95 bits per heavy atom. The molecule has 0 saturated heterocycles. The first-order chi connectivity index (χ1) is 9.29. The number of benzene rings is 2. The van der Waals surface area contributed by atoms with Gasteiger partial charge in [-0.2, -0.15) is 0 Å². The van der Waals surface area contributed by atoms with Gasteiger partial charge in [0.05, 0.1) is 4.90 Å². The Kier molecular flexibility index (Phi) is 3.67. The largest absolute Gasteiger partial charge is 0.289 e. The van der Waals surface area contributed by atoms with E-state index in [9.17, 15) is 22.0 Å². The second kappa shape index (κ2) is 5.13. The maximum Gasteiger partial charge on any atom is 0.193 e. The van der Waals surface area contributed by atoms with E-state index in [1.54, 1.807) is 0 Å². The minimum atomic E-state index is -3.34. The molecule has 0 atom stereocenters. The van der Waals surface area contributed by atoms with Gasteiger partial charge in [0.15, 0.2) is 27.3 Å². The van der Waals surface area contributed by atoms with Gasteiger partial charge < -0.3 is 0 Å². The molecule has 0 heterocycles. The lowest BCUT2D eigenvalue weighted by atomic mass is 10.0. The van der Waals surface area contributed by atoms with Crippen LogP contribution >= 0.6 is 0 Å². The van der Waals surface area contributed by atoms with Crippen molar-refractivity contribution in [3.63, 3.8) is 0 Å². The maximum absolute atomic E-state index is 13.1. The quantitative estimate of drug-likeness (QED) is 0.818. The summed E-state index contributed by atoms with van der Waals surface area (Å²) in [5.74, 6) is -2.65. The van der Waals surface area contributed by atoms with E-state index < -0.39 is 27.3 Å². The van der Waals surface area contributed by atoms with Crippen LogP contribution in [-0.4, -0.2) is 20.5 Å². The van der Waals surface area contributed by atoms with Crippen molar-refractivity contribution >= 4 is 15.6 Å². The highest BCUT2D eigenvalue weighted by molar-refractivity contribution is 7.90. The highest BCUT2D eigenvalue weighted by Gasteiger charge is 2.13. The number of carbonyl (C=O) groups excluding carboxylic acids is 1. The molecule has 3 nitrogen and oxygen atoms in total. The zero-order chi connectivity index (χ0) is 14.9. The fraction of sp³-hybridized carbons (Fsp3) is 0.0714. The Balaban J connectivity index is 2.36. The summed E-state index contributed by atoms with van der Waals surface area (Å²) in [5, 5.41) is 0. The number of rotatable bonds is 3. The van der Waals surface area contributed by atoms with Gasteiger partial charge in [-0.3, -0.25) is 4.79 Å². The van der Waals surface area contributed by atoms with Gasteiger partial charge in [0.25, 0.3) is 0 Å². The smallest absolute Gasteiger partial charge is 0.193 e. The summed E-state index contributed by atoms with van der Waals surface area (Å²) >= 11 is 0. The predicted octanol–water partition coefficient (Wildman–Crippen LogP) is 2.60. The molecule has 6 heteroatoms. The first-order valence-corrected chi connectivity index (χ1v) is 7.48. The second-order valence-electron chi connectivity index (χ2n) is 4.25. The minimum Gasteiger partial charge on any atom is -0.289 e. The van der Waals surface area contributed by atoms with Gasteiger partial charge in [-0.05, 0) is 42.5 Å². The van der Waals surface area contributed by atoms with Gasteiger partial charge in [0, 0.05) is 17.4 Å². The van der Waals surface area contributed by atoms with E-state index in [0.29, 0.717) is 0 Å². The Labute approximate surface area is 114 Å². The number of halogens is 2. The molecule has 2 rings (SSSR count). The molecule has 0 amide bonds. The zero-order valence-corrected chi connectivity index (χ0v) is 11.2. The molecule has 0 bridgehead atoms. The van der Waals surface area contributed by atoms with Crippen molar-refractivity contribution in [2.75, 3.05) is 6.26 Å². The average molecular weight is 296 g/mol. The Morgan fingerprint density at radius 2 is 1.45 bits per heavy atom. The van der Waals surface area contributed by atoms with Crippen LogP contribution in [0.4, 0.5) is 8.78 Å². The number of carbonyl (C=O) groups is 1. The molecule has 104 valence electrons. The van der Waals surface area contributed by atoms with Gasteiger partial charge in [-0.15, -0.1) is 0 Å². The van der Waals surface area contributed by atoms with Crippen LogP contribution in [0.1, 0.15) is 15.9 Å². The van der Waals surface area contributed by atoms with E-state index in [4.69, 9.17) is 0 Å². The molecule has 0 aliphatic carbocycles. The Hall–Kier alpha value is -2.08. The summed E-state index contributed by atoms with van der Waals surface area (Å²) < 4.78 is 48.4. The lowest BCUT2D eigenvalue weighted by molar-refractivity contribution is 0.103. The number of ketones is 1. The van der Waals surface area contributed by atoms with Gasteiger partial charge in [-0.1, -0.05) is 0 Å². The second-order valence-corrected chi connectivity index (χ2v) is 6.27. The molecule has 0 spiro atoms. The molecule has 0 saturated carbocycles. The van der Waals surface area contributed by atoms with Crippen molar-refractivity contribution in [1.29, 1.82) is 0 Å². The Morgan fingerprint density at radius 1 is 0.900 bits per heavy atom. The number of hydrogen-bond donors (Lipinski definition) is 0. The van der Waals surface area contributed by atoms with Gasteiger partial charge in [0.2, 0.25) is 0 Å². The lowest BCUT2D eigenvalue weighted by Gasteiger charge is -2.03. The van der Waals surface area contributed by atoms with Crippen LogP contribution in [0.2, 0.25) is 0 Å². The van der Waals surface area contributed by atoms with Crippen molar-refractivity contribution in [2.45, 2.75) is 4.90 Å². The zero-order valence-electron chi connectivity index (χ0n) is 10.4. The van der Waals surface area contributed by atoms with Crippen LogP contribution < -0.4 is 0 Å². The standard InChI is InChI=1S/C14H10F2O3S/c1-20(18,19)11-5-2-9(3-6-11)14(17)10-4-7-12(15)13(16)8-10/h2-8H,1H3. The molecule has 0 fully saturated rings. The highest BCUT2D eigenvalue weighted by Crippen LogP contribution is 2.16. The van der Waals surface area contributed by atoms with Crippen molar-refractivity contribution in [3.05, 3.63) is 65.2 Å². The van der Waals surface area contributed by atoms with Crippen LogP contribution in [-0.2, 0) is 9.84 Å². The third-order valence-corrected chi connectivity index (χ3v) is 3.85. The summed E-state index contributed by atoms with van der Waals surface area (Å²) in [6.07, 6.45) is 1.05. The normalized spacial score (nSPS) is 11.3. The Bertz CT molecular complexity index is 766. The van der Waals surface area contributed by atoms with Crippen LogP contribution in [0.5, 0.6) is 0 Å². The van der Waals surface area contributed by atoms with E-state index in [1.807, 2.05) is 0 Å². The molecular formula is C14H10F2O3S. The summed E-state index contributed by atoms with van der Waals surface area (Å²) in [4.78, 5) is 12.1. The third-order valence-electron chi connectivity index (χ3n) is 2.73. The van der Waals surface area contributed by atoms with Gasteiger partial charge >= 0.3 is 0 Å². The molecule has 2 aromatic carbocycles. The van der Waals surface area contributed by atoms with E-state index in [1.165, 1.54) is 30.3 Å². The summed E-state index contributed by atoms with van der Waals surface area (Å²) in [6.45, 7) is 0. The van der Waals surface area contributed by atoms with Gasteiger partial charge in [0.1, 0.15) is 0 Å². The van der Waals surface area contributed by atoms with Crippen LogP contribution in [0.25, 0.3) is 0 Å². The first kappa shape index (κ1) is 14.3. The van der Waals surface area contributed by atoms with Crippen molar-refractivity contribution in [1.82, 2.24) is 0 Å². The van der Waals surface area contributed by atoms with Crippen molar-refractivity contribution < 1.29 is 22.0 Å². The van der Waals surface area contributed by atoms with E-state index in [0.717, 1.165) is 18.4 Å². The average Bonchev–Trinajstić information content (AvgIpc) is 2.40. The lowest BCUT2D eigenvalue weighted by Crippen LogP contribution is -2.04. The van der Waals surface area contributed by atoms with E-state index in [2.05, 4.69) is 0 Å². The molecule has 0 aliphatic rings. The first-order valence-electron chi connectivity index (χ1n) is 5.59. The van der Waals surface area contributed by atoms with Crippen LogP contribution in [0.3, 0.4) is 0 Å². The molecule has 0 N–H and O–H groups in total. The van der Waals surface area contributed by atoms with Gasteiger partial charge in [-0.25, -0.2) is 17.2 Å². The summed E-state index contributed by atoms with van der Waals surface area (Å²) in [6, 6.07) is 8.10. The molecule has 0 aliphatic heterocycles. The molecule has 0 aromatic heterocycles.